The largest absolute Gasteiger partial charge is 0.477 e. The van der Waals surface area contributed by atoms with Crippen molar-refractivity contribution >= 4 is 16.0 Å². The van der Waals surface area contributed by atoms with Crippen LogP contribution in [0, 0.1) is 0 Å². The van der Waals surface area contributed by atoms with E-state index in [2.05, 4.69) is 4.72 Å². The van der Waals surface area contributed by atoms with Crippen LogP contribution in [0.1, 0.15) is 23.0 Å². The summed E-state index contributed by atoms with van der Waals surface area (Å²) in [6, 6.07) is 2.78. The van der Waals surface area contributed by atoms with Gasteiger partial charge < -0.3 is 14.1 Å². The maximum absolute atomic E-state index is 12.1. The number of hydrogen-bond donors (Lipinski definition) is 2. The van der Waals surface area contributed by atoms with Crippen molar-refractivity contribution in [3.8, 4) is 0 Å². The van der Waals surface area contributed by atoms with Gasteiger partial charge in [-0.2, -0.15) is 0 Å². The van der Waals surface area contributed by atoms with Gasteiger partial charge in [-0.15, -0.1) is 0 Å². The van der Waals surface area contributed by atoms with Crippen LogP contribution in [0.2, 0.25) is 0 Å². The average Bonchev–Trinajstić information content (AvgIpc) is 3.05. The van der Waals surface area contributed by atoms with Gasteiger partial charge in [-0.05, 0) is 19.1 Å². The molecule has 2 heterocycles. The Hall–Kier alpha value is -2.06. The summed E-state index contributed by atoms with van der Waals surface area (Å²) < 4.78 is 32.8. The molecule has 0 saturated carbocycles. The van der Waals surface area contributed by atoms with Gasteiger partial charge in [0, 0.05) is 24.8 Å². The molecule has 0 unspecified atom stereocenters. The molecule has 108 valence electrons. The molecule has 0 amide bonds. The van der Waals surface area contributed by atoms with Gasteiger partial charge in [0.15, 0.2) is 0 Å². The summed E-state index contributed by atoms with van der Waals surface area (Å²) in [4.78, 5) is 10.9. The van der Waals surface area contributed by atoms with Crippen LogP contribution in [0.5, 0.6) is 0 Å². The molecule has 8 heteroatoms. The average molecular weight is 298 g/mol. The first-order valence-corrected chi connectivity index (χ1v) is 7.36. The van der Waals surface area contributed by atoms with Crippen LogP contribution in [-0.2, 0) is 23.1 Å². The number of aromatic carboxylic acids is 1. The first-order chi connectivity index (χ1) is 9.44. The normalized spacial score (nSPS) is 11.7. The Bertz CT molecular complexity index is 700. The Morgan fingerprint density at radius 3 is 2.75 bits per heavy atom. The molecule has 2 rings (SSSR count). The molecule has 2 aromatic heterocycles. The first-order valence-electron chi connectivity index (χ1n) is 5.88. The summed E-state index contributed by atoms with van der Waals surface area (Å²) >= 11 is 0. The fourth-order valence-corrected chi connectivity index (χ4v) is 2.78. The molecule has 0 aliphatic carbocycles. The molecular weight excluding hydrogens is 284 g/mol. The SMILES string of the molecule is CCn1cc(S(=O)(=O)NCc2ccoc2)cc1C(=O)O. The standard InChI is InChI=1S/C12H14N2O5S/c1-2-14-7-10(5-11(14)12(15)16)20(17,18)13-6-9-3-4-19-8-9/h3-5,7-8,13H,2,6H2,1H3,(H,15,16). The van der Waals surface area contributed by atoms with Crippen LogP contribution < -0.4 is 4.72 Å². The molecule has 2 aromatic rings. The lowest BCUT2D eigenvalue weighted by atomic mass is 10.4. The molecule has 0 radical (unpaired) electrons. The van der Waals surface area contributed by atoms with Gasteiger partial charge in [-0.25, -0.2) is 17.9 Å². The van der Waals surface area contributed by atoms with Gasteiger partial charge >= 0.3 is 5.97 Å². The van der Waals surface area contributed by atoms with Crippen molar-refractivity contribution in [1.82, 2.24) is 9.29 Å². The third kappa shape index (κ3) is 2.91. The predicted octanol–water partition coefficient (Wildman–Crippen LogP) is 1.28. The van der Waals surface area contributed by atoms with Crippen molar-refractivity contribution in [2.75, 3.05) is 0 Å². The smallest absolute Gasteiger partial charge is 0.352 e. The molecule has 0 spiro atoms. The van der Waals surface area contributed by atoms with Crippen molar-refractivity contribution in [3.05, 3.63) is 42.1 Å². The second-order valence-electron chi connectivity index (χ2n) is 4.11. The number of furan rings is 1. The number of aromatic nitrogens is 1. The van der Waals surface area contributed by atoms with E-state index in [0.29, 0.717) is 12.1 Å². The number of nitrogens with zero attached hydrogens (tertiary/aromatic N) is 1. The number of carboxylic acids is 1. The Morgan fingerprint density at radius 1 is 1.50 bits per heavy atom. The zero-order chi connectivity index (χ0) is 14.8. The number of sulfonamides is 1. The minimum Gasteiger partial charge on any atom is -0.477 e. The van der Waals surface area contributed by atoms with Gasteiger partial charge in [-0.1, -0.05) is 0 Å². The summed E-state index contributed by atoms with van der Waals surface area (Å²) in [7, 11) is -3.76. The van der Waals surface area contributed by atoms with Crippen molar-refractivity contribution in [2.24, 2.45) is 0 Å². The highest BCUT2D eigenvalue weighted by atomic mass is 32.2. The quantitative estimate of drug-likeness (QED) is 0.836. The van der Waals surface area contributed by atoms with E-state index in [-0.39, 0.29) is 17.1 Å². The highest BCUT2D eigenvalue weighted by Gasteiger charge is 2.20. The lowest BCUT2D eigenvalue weighted by Crippen LogP contribution is -2.22. The fourth-order valence-electron chi connectivity index (χ4n) is 1.73. The van der Waals surface area contributed by atoms with Gasteiger partial charge in [0.2, 0.25) is 10.0 Å². The Kier molecular flexibility index (Phi) is 3.96. The van der Waals surface area contributed by atoms with Crippen molar-refractivity contribution in [1.29, 1.82) is 0 Å². The van der Waals surface area contributed by atoms with E-state index in [1.807, 2.05) is 0 Å². The molecule has 0 fully saturated rings. The van der Waals surface area contributed by atoms with Crippen LogP contribution in [0.3, 0.4) is 0 Å². The van der Waals surface area contributed by atoms with E-state index >= 15 is 0 Å². The molecule has 0 saturated heterocycles. The molecule has 20 heavy (non-hydrogen) atoms. The topological polar surface area (TPSA) is 102 Å². The van der Waals surface area contributed by atoms with Crippen LogP contribution in [-0.4, -0.2) is 24.1 Å². The minimum atomic E-state index is -3.76. The molecule has 2 N–H and O–H groups in total. The lowest BCUT2D eigenvalue weighted by Gasteiger charge is -2.02. The Labute approximate surface area is 115 Å². The van der Waals surface area contributed by atoms with E-state index < -0.39 is 16.0 Å². The lowest BCUT2D eigenvalue weighted by molar-refractivity contribution is 0.0685. The highest BCUT2D eigenvalue weighted by molar-refractivity contribution is 7.89. The summed E-state index contributed by atoms with van der Waals surface area (Å²) in [6.07, 6.45) is 4.18. The molecule has 0 aliphatic rings. The van der Waals surface area contributed by atoms with Crippen molar-refractivity contribution < 1.29 is 22.7 Å². The third-order valence-electron chi connectivity index (χ3n) is 2.79. The Balaban J connectivity index is 2.23. The predicted molar refractivity (Wildman–Crippen MR) is 69.8 cm³/mol. The number of carbonyl (C=O) groups is 1. The van der Waals surface area contributed by atoms with Crippen molar-refractivity contribution in [2.45, 2.75) is 24.9 Å². The summed E-state index contributed by atoms with van der Waals surface area (Å²) in [6.45, 7) is 2.19. The zero-order valence-corrected chi connectivity index (χ0v) is 11.6. The van der Waals surface area contributed by atoms with Crippen LogP contribution in [0.25, 0.3) is 0 Å². The van der Waals surface area contributed by atoms with Crippen LogP contribution in [0.15, 0.2) is 40.2 Å². The maximum Gasteiger partial charge on any atom is 0.352 e. The van der Waals surface area contributed by atoms with E-state index in [9.17, 15) is 13.2 Å². The van der Waals surface area contributed by atoms with Gasteiger partial charge in [0.25, 0.3) is 0 Å². The summed E-state index contributed by atoms with van der Waals surface area (Å²) in [5.41, 5.74) is 0.623. The van der Waals surface area contributed by atoms with E-state index in [0.717, 1.165) is 6.07 Å². The second kappa shape index (κ2) is 5.51. The molecule has 0 bridgehead atoms. The molecular formula is C12H14N2O5S. The number of aryl methyl sites for hydroxylation is 1. The monoisotopic (exact) mass is 298 g/mol. The van der Waals surface area contributed by atoms with Crippen molar-refractivity contribution in [3.63, 3.8) is 0 Å². The molecule has 7 nitrogen and oxygen atoms in total. The van der Waals surface area contributed by atoms with Gasteiger partial charge in [0.1, 0.15) is 10.6 Å². The molecule has 0 aliphatic heterocycles. The third-order valence-corrected chi connectivity index (χ3v) is 4.16. The van der Waals surface area contributed by atoms with Crippen LogP contribution >= 0.6 is 0 Å². The fraction of sp³-hybridized carbons (Fsp3) is 0.250. The number of carboxylic acid groups (broad SMARTS) is 1. The minimum absolute atomic E-state index is 0.0591. The van der Waals surface area contributed by atoms with Crippen LogP contribution in [0.4, 0.5) is 0 Å². The highest BCUT2D eigenvalue weighted by Crippen LogP contribution is 2.15. The van der Waals surface area contributed by atoms with Gasteiger partial charge in [0.05, 0.1) is 12.5 Å². The zero-order valence-electron chi connectivity index (χ0n) is 10.7. The second-order valence-corrected chi connectivity index (χ2v) is 5.88. The number of nitrogens with one attached hydrogen (secondary N) is 1. The van der Waals surface area contributed by atoms with E-state index in [4.69, 9.17) is 9.52 Å². The molecule has 0 atom stereocenters. The van der Waals surface area contributed by atoms with Gasteiger partial charge in [-0.3, -0.25) is 0 Å². The molecule has 0 aromatic carbocycles. The van der Waals surface area contributed by atoms with E-state index in [1.54, 1.807) is 13.0 Å². The number of rotatable bonds is 6. The first kappa shape index (κ1) is 14.4. The maximum atomic E-state index is 12.1. The summed E-state index contributed by atoms with van der Waals surface area (Å²) in [5, 5.41) is 9.01. The summed E-state index contributed by atoms with van der Waals surface area (Å²) in [5.74, 6) is -1.16. The van der Waals surface area contributed by atoms with E-state index in [1.165, 1.54) is 23.3 Å². The Morgan fingerprint density at radius 2 is 2.25 bits per heavy atom. The number of hydrogen-bond acceptors (Lipinski definition) is 4.